The van der Waals surface area contributed by atoms with Gasteiger partial charge < -0.3 is 10.1 Å². The first-order valence-electron chi connectivity index (χ1n) is 8.35. The predicted molar refractivity (Wildman–Crippen MR) is 98.7 cm³/mol. The molecular weight excluding hydrogens is 322 g/mol. The number of ether oxygens (including phenoxy) is 1. The zero-order valence-electron chi connectivity index (χ0n) is 14.2. The molecule has 0 spiro atoms. The number of aryl methyl sites for hydroxylation is 2. The Morgan fingerprint density at radius 3 is 2.58 bits per heavy atom. The fraction of sp³-hybridized carbons (Fsp3) is 0.350. The van der Waals surface area contributed by atoms with E-state index in [2.05, 4.69) is 5.32 Å². The lowest BCUT2D eigenvalue weighted by molar-refractivity contribution is -0.128. The van der Waals surface area contributed by atoms with Crippen LogP contribution < -0.4 is 10.1 Å². The molecule has 0 aliphatic carbocycles. The number of amides is 1. The minimum atomic E-state index is -0.466. The van der Waals surface area contributed by atoms with Crippen LogP contribution >= 0.6 is 11.6 Å². The van der Waals surface area contributed by atoms with Crippen LogP contribution in [0.1, 0.15) is 30.9 Å². The molecule has 0 aliphatic heterocycles. The van der Waals surface area contributed by atoms with Crippen molar-refractivity contribution in [3.63, 3.8) is 0 Å². The van der Waals surface area contributed by atoms with E-state index in [-0.39, 0.29) is 5.91 Å². The van der Waals surface area contributed by atoms with E-state index >= 15 is 0 Å². The van der Waals surface area contributed by atoms with Crippen LogP contribution in [0.5, 0.6) is 5.75 Å². The zero-order valence-corrected chi connectivity index (χ0v) is 15.0. The second-order valence-electron chi connectivity index (χ2n) is 5.77. The van der Waals surface area contributed by atoms with Crippen LogP contribution in [-0.4, -0.2) is 18.6 Å². The molecule has 24 heavy (non-hydrogen) atoms. The Hall–Kier alpha value is -2.00. The van der Waals surface area contributed by atoms with Gasteiger partial charge in [0.1, 0.15) is 5.75 Å². The van der Waals surface area contributed by atoms with Gasteiger partial charge in [0.15, 0.2) is 6.10 Å². The molecule has 4 heteroatoms. The summed E-state index contributed by atoms with van der Waals surface area (Å²) in [5, 5.41) is 3.73. The first-order valence-corrected chi connectivity index (χ1v) is 8.73. The monoisotopic (exact) mass is 345 g/mol. The van der Waals surface area contributed by atoms with Gasteiger partial charge in [0.25, 0.3) is 5.91 Å². The molecule has 1 amide bonds. The highest BCUT2D eigenvalue weighted by molar-refractivity contribution is 6.31. The normalized spacial score (nSPS) is 11.8. The Morgan fingerprint density at radius 1 is 1.17 bits per heavy atom. The lowest BCUT2D eigenvalue weighted by atomic mass is 10.1. The molecule has 0 unspecified atom stereocenters. The van der Waals surface area contributed by atoms with Crippen molar-refractivity contribution in [3.8, 4) is 5.75 Å². The number of hydrogen-bond donors (Lipinski definition) is 1. The van der Waals surface area contributed by atoms with Gasteiger partial charge in [-0.3, -0.25) is 4.79 Å². The van der Waals surface area contributed by atoms with Gasteiger partial charge in [-0.25, -0.2) is 0 Å². The van der Waals surface area contributed by atoms with E-state index in [1.807, 2.05) is 62.4 Å². The lowest BCUT2D eigenvalue weighted by Crippen LogP contribution is -2.38. The third-order valence-electron chi connectivity index (χ3n) is 3.91. The Morgan fingerprint density at radius 2 is 1.88 bits per heavy atom. The molecule has 1 atom stereocenters. The Labute approximate surface area is 149 Å². The molecule has 2 aromatic carbocycles. The van der Waals surface area contributed by atoms with Crippen LogP contribution in [0.4, 0.5) is 0 Å². The van der Waals surface area contributed by atoms with E-state index in [1.54, 1.807) is 0 Å². The predicted octanol–water partition coefficient (Wildman–Crippen LogP) is 4.55. The van der Waals surface area contributed by atoms with E-state index in [1.165, 1.54) is 0 Å². The van der Waals surface area contributed by atoms with Crippen molar-refractivity contribution in [2.45, 2.75) is 39.2 Å². The van der Waals surface area contributed by atoms with E-state index in [0.717, 1.165) is 34.7 Å². The maximum absolute atomic E-state index is 12.3. The van der Waals surface area contributed by atoms with Crippen LogP contribution in [0.25, 0.3) is 0 Å². The summed E-state index contributed by atoms with van der Waals surface area (Å²) in [6.45, 7) is 4.54. The molecule has 0 fully saturated rings. The van der Waals surface area contributed by atoms with Crippen molar-refractivity contribution in [3.05, 3.63) is 64.7 Å². The minimum absolute atomic E-state index is 0.0695. The number of nitrogens with one attached hydrogen (secondary N) is 1. The second kappa shape index (κ2) is 9.33. The summed E-state index contributed by atoms with van der Waals surface area (Å²) in [5.74, 6) is 0.690. The Balaban J connectivity index is 1.80. The van der Waals surface area contributed by atoms with Gasteiger partial charge in [-0.15, -0.1) is 0 Å². The number of halogens is 1. The number of benzene rings is 2. The van der Waals surface area contributed by atoms with E-state index in [9.17, 15) is 4.79 Å². The van der Waals surface area contributed by atoms with E-state index in [4.69, 9.17) is 16.3 Å². The van der Waals surface area contributed by atoms with Crippen molar-refractivity contribution in [1.82, 2.24) is 5.32 Å². The summed E-state index contributed by atoms with van der Waals surface area (Å²) in [6.07, 6.45) is 1.85. The molecule has 1 N–H and O–H groups in total. The third kappa shape index (κ3) is 5.27. The maximum atomic E-state index is 12.3. The van der Waals surface area contributed by atoms with Crippen molar-refractivity contribution in [1.29, 1.82) is 0 Å². The molecule has 0 saturated heterocycles. The quantitative estimate of drug-likeness (QED) is 0.712. The molecular formula is C20H24ClNO2. The van der Waals surface area contributed by atoms with Crippen LogP contribution in [0, 0.1) is 6.92 Å². The second-order valence-corrected chi connectivity index (χ2v) is 6.17. The lowest BCUT2D eigenvalue weighted by Gasteiger charge is -2.18. The maximum Gasteiger partial charge on any atom is 0.261 e. The summed E-state index contributed by atoms with van der Waals surface area (Å²) >= 11 is 6.14. The molecule has 0 bridgehead atoms. The van der Waals surface area contributed by atoms with Gasteiger partial charge in [0.05, 0.1) is 0 Å². The fourth-order valence-electron chi connectivity index (χ4n) is 2.47. The van der Waals surface area contributed by atoms with Gasteiger partial charge in [-0.1, -0.05) is 54.9 Å². The first-order chi connectivity index (χ1) is 11.6. The average Bonchev–Trinajstić information content (AvgIpc) is 2.59. The van der Waals surface area contributed by atoms with Gasteiger partial charge in [-0.05, 0) is 49.4 Å². The van der Waals surface area contributed by atoms with Gasteiger partial charge in [-0.2, -0.15) is 0 Å². The highest BCUT2D eigenvalue weighted by Crippen LogP contribution is 2.19. The number of rotatable bonds is 8. The van der Waals surface area contributed by atoms with Crippen LogP contribution in [0.15, 0.2) is 48.5 Å². The molecule has 3 nitrogen and oxygen atoms in total. The molecule has 0 saturated carbocycles. The summed E-state index contributed by atoms with van der Waals surface area (Å²) in [6, 6.07) is 15.5. The summed E-state index contributed by atoms with van der Waals surface area (Å²) < 4.78 is 5.86. The smallest absolute Gasteiger partial charge is 0.261 e. The topological polar surface area (TPSA) is 38.3 Å². The molecule has 0 aromatic heterocycles. The summed E-state index contributed by atoms with van der Waals surface area (Å²) in [4.78, 5) is 12.3. The van der Waals surface area contributed by atoms with Gasteiger partial charge in [0.2, 0.25) is 0 Å². The van der Waals surface area contributed by atoms with E-state index in [0.29, 0.717) is 13.0 Å². The van der Waals surface area contributed by atoms with Crippen LogP contribution in [0.2, 0.25) is 5.02 Å². The van der Waals surface area contributed by atoms with Gasteiger partial charge >= 0.3 is 0 Å². The Kier molecular flexibility index (Phi) is 7.13. The summed E-state index contributed by atoms with van der Waals surface area (Å²) in [5.41, 5.74) is 2.14. The molecule has 2 rings (SSSR count). The van der Waals surface area contributed by atoms with Crippen molar-refractivity contribution in [2.75, 3.05) is 6.54 Å². The van der Waals surface area contributed by atoms with Crippen LogP contribution in [-0.2, 0) is 11.2 Å². The standard InChI is InChI=1S/C20H24ClNO2/c1-3-18(24-19-13-7-4-9-15(19)2)20(23)22-14-8-11-16-10-5-6-12-17(16)21/h4-7,9-10,12-13,18H,3,8,11,14H2,1-2H3,(H,22,23)/t18-/m0/s1. The van der Waals surface area contributed by atoms with E-state index < -0.39 is 6.10 Å². The number of para-hydroxylation sites is 1. The largest absolute Gasteiger partial charge is 0.480 e. The molecule has 0 aliphatic rings. The Bertz CT molecular complexity index is 672. The highest BCUT2D eigenvalue weighted by Gasteiger charge is 2.18. The zero-order chi connectivity index (χ0) is 17.4. The fourth-order valence-corrected chi connectivity index (χ4v) is 2.70. The van der Waals surface area contributed by atoms with Crippen molar-refractivity contribution in [2.24, 2.45) is 0 Å². The molecule has 2 aromatic rings. The number of carbonyl (C=O) groups is 1. The first kappa shape index (κ1) is 18.3. The third-order valence-corrected chi connectivity index (χ3v) is 4.27. The SMILES string of the molecule is CC[C@H](Oc1ccccc1C)C(=O)NCCCc1ccccc1Cl. The van der Waals surface area contributed by atoms with Crippen LogP contribution in [0.3, 0.4) is 0 Å². The van der Waals surface area contributed by atoms with Crippen molar-refractivity contribution < 1.29 is 9.53 Å². The number of carbonyl (C=O) groups excluding carboxylic acids is 1. The highest BCUT2D eigenvalue weighted by atomic mass is 35.5. The average molecular weight is 346 g/mol. The number of hydrogen-bond acceptors (Lipinski definition) is 2. The molecule has 0 heterocycles. The molecule has 128 valence electrons. The summed E-state index contributed by atoms with van der Waals surface area (Å²) in [7, 11) is 0. The van der Waals surface area contributed by atoms with Crippen molar-refractivity contribution >= 4 is 17.5 Å². The molecule has 0 radical (unpaired) electrons. The minimum Gasteiger partial charge on any atom is -0.480 e. The van der Waals surface area contributed by atoms with Gasteiger partial charge in [0, 0.05) is 11.6 Å².